The first-order chi connectivity index (χ1) is 13.8. The maximum atomic E-state index is 13.0. The molecule has 2 aromatic heterocycles. The van der Waals surface area contributed by atoms with Gasteiger partial charge in [-0.15, -0.1) is 0 Å². The van der Waals surface area contributed by atoms with Crippen molar-refractivity contribution < 1.29 is 13.2 Å². The highest BCUT2D eigenvalue weighted by Gasteiger charge is 2.34. The molecule has 4 rings (SSSR count). The second-order valence-electron chi connectivity index (χ2n) is 7.88. The van der Waals surface area contributed by atoms with Crippen LogP contribution in [0.15, 0.2) is 36.5 Å². The Hall–Kier alpha value is -2.08. The third-order valence-electron chi connectivity index (χ3n) is 6.14. The monoisotopic (exact) mass is 421 g/mol. The number of nitrogens with one attached hydrogen (secondary N) is 1. The van der Waals surface area contributed by atoms with Crippen LogP contribution in [0.1, 0.15) is 67.9 Å². The van der Waals surface area contributed by atoms with E-state index in [1.54, 1.807) is 6.07 Å². The van der Waals surface area contributed by atoms with Gasteiger partial charge < -0.3 is 4.98 Å². The van der Waals surface area contributed by atoms with Crippen molar-refractivity contribution in [2.24, 2.45) is 5.92 Å². The van der Waals surface area contributed by atoms with Crippen LogP contribution in [0.3, 0.4) is 0 Å². The van der Waals surface area contributed by atoms with Crippen molar-refractivity contribution >= 4 is 22.6 Å². The van der Waals surface area contributed by atoms with Gasteiger partial charge in [0.05, 0.1) is 11.0 Å². The normalized spacial score (nSPS) is 21.4. The fraction of sp³-hybridized carbons (Fsp3) is 0.455. The molecule has 1 aliphatic rings. The van der Waals surface area contributed by atoms with Gasteiger partial charge in [0.25, 0.3) is 0 Å². The topological polar surface area (TPSA) is 41.6 Å². The van der Waals surface area contributed by atoms with E-state index in [0.717, 1.165) is 54.5 Å². The van der Waals surface area contributed by atoms with Gasteiger partial charge in [0.2, 0.25) is 0 Å². The van der Waals surface area contributed by atoms with Gasteiger partial charge in [-0.2, -0.15) is 13.2 Å². The summed E-state index contributed by atoms with van der Waals surface area (Å²) in [7, 11) is 0. The minimum Gasteiger partial charge on any atom is -0.342 e. The largest absolute Gasteiger partial charge is 0.433 e. The van der Waals surface area contributed by atoms with Crippen molar-refractivity contribution in [3.8, 4) is 0 Å². The number of aromatic nitrogens is 3. The number of benzene rings is 1. The van der Waals surface area contributed by atoms with Crippen LogP contribution in [0.2, 0.25) is 5.02 Å². The van der Waals surface area contributed by atoms with E-state index in [9.17, 15) is 13.2 Å². The van der Waals surface area contributed by atoms with Crippen LogP contribution < -0.4 is 0 Å². The van der Waals surface area contributed by atoms with Crippen LogP contribution >= 0.6 is 11.6 Å². The molecule has 1 aromatic carbocycles. The van der Waals surface area contributed by atoms with Crippen molar-refractivity contribution in [1.29, 1.82) is 0 Å². The molecule has 0 saturated heterocycles. The van der Waals surface area contributed by atoms with Gasteiger partial charge in [0, 0.05) is 17.1 Å². The maximum absolute atomic E-state index is 13.0. The smallest absolute Gasteiger partial charge is 0.342 e. The molecule has 0 bridgehead atoms. The lowest BCUT2D eigenvalue weighted by molar-refractivity contribution is -0.141. The number of aromatic amines is 1. The minimum absolute atomic E-state index is 0.155. The predicted molar refractivity (Wildman–Crippen MR) is 108 cm³/mol. The molecular weight excluding hydrogens is 399 g/mol. The Labute approximate surface area is 172 Å². The number of halogens is 4. The fourth-order valence-electron chi connectivity index (χ4n) is 4.64. The second kappa shape index (κ2) is 7.98. The van der Waals surface area contributed by atoms with E-state index < -0.39 is 11.9 Å². The Morgan fingerprint density at radius 3 is 2.59 bits per heavy atom. The molecule has 0 unspecified atom stereocenters. The van der Waals surface area contributed by atoms with Crippen LogP contribution in [0.5, 0.6) is 0 Å². The Balaban J connectivity index is 1.48. The van der Waals surface area contributed by atoms with Gasteiger partial charge >= 0.3 is 6.18 Å². The van der Waals surface area contributed by atoms with Gasteiger partial charge in [-0.1, -0.05) is 18.5 Å². The van der Waals surface area contributed by atoms with E-state index in [1.807, 2.05) is 18.2 Å². The van der Waals surface area contributed by atoms with Crippen LogP contribution in [-0.4, -0.2) is 15.0 Å². The van der Waals surface area contributed by atoms with Gasteiger partial charge in [0.1, 0.15) is 11.5 Å². The summed E-state index contributed by atoms with van der Waals surface area (Å²) in [6.07, 6.45) is 1.57. The third kappa shape index (κ3) is 4.27. The first kappa shape index (κ1) is 20.2. The highest BCUT2D eigenvalue weighted by atomic mass is 35.5. The molecule has 1 atom stereocenters. The van der Waals surface area contributed by atoms with E-state index in [1.165, 1.54) is 12.3 Å². The zero-order valence-electron chi connectivity index (χ0n) is 16.1. The Bertz CT molecular complexity index is 990. The maximum Gasteiger partial charge on any atom is 0.433 e. The van der Waals surface area contributed by atoms with Gasteiger partial charge in [-0.25, -0.2) is 4.98 Å². The summed E-state index contributed by atoms with van der Waals surface area (Å²) in [5.74, 6) is 1.92. The Kier molecular flexibility index (Phi) is 5.56. The van der Waals surface area contributed by atoms with E-state index in [0.29, 0.717) is 16.9 Å². The van der Waals surface area contributed by atoms with Crippen LogP contribution in [0.25, 0.3) is 11.0 Å². The zero-order chi connectivity index (χ0) is 20.6. The number of hydrogen-bond donors (Lipinski definition) is 1. The molecule has 2 heterocycles. The highest BCUT2D eigenvalue weighted by Crippen LogP contribution is 2.43. The number of rotatable bonds is 4. The standard InChI is InChI=1S/C22H23ClF3N3/c1-2-17(21-28-18-8-7-16(23)12-19(18)29-21)14-5-3-13(4-6-14)15-9-10-27-20(11-15)22(24,25)26/h7-14,17H,2-6H2,1H3,(H,28,29)/t13?,14?,17-/m0/s1. The average Bonchev–Trinajstić information content (AvgIpc) is 3.11. The van der Waals surface area contributed by atoms with Crippen molar-refractivity contribution in [2.75, 3.05) is 0 Å². The van der Waals surface area contributed by atoms with Crippen molar-refractivity contribution in [1.82, 2.24) is 15.0 Å². The van der Waals surface area contributed by atoms with Crippen molar-refractivity contribution in [3.05, 3.63) is 58.6 Å². The minimum atomic E-state index is -4.40. The molecule has 0 aliphatic heterocycles. The molecule has 3 nitrogen and oxygen atoms in total. The number of imidazole rings is 1. The summed E-state index contributed by atoms with van der Waals surface area (Å²) in [5.41, 5.74) is 1.80. The number of nitrogens with zero attached hydrogens (tertiary/aromatic N) is 2. The predicted octanol–water partition coefficient (Wildman–Crippen LogP) is 7.10. The molecule has 0 amide bonds. The molecule has 1 fully saturated rings. The fourth-order valence-corrected chi connectivity index (χ4v) is 4.81. The van der Waals surface area contributed by atoms with E-state index in [2.05, 4.69) is 16.9 Å². The summed E-state index contributed by atoms with van der Waals surface area (Å²) >= 11 is 6.08. The summed E-state index contributed by atoms with van der Waals surface area (Å²) in [6.45, 7) is 2.16. The lowest BCUT2D eigenvalue weighted by atomic mass is 9.73. The Morgan fingerprint density at radius 1 is 1.14 bits per heavy atom. The molecule has 29 heavy (non-hydrogen) atoms. The first-order valence-corrected chi connectivity index (χ1v) is 10.4. The number of alkyl halides is 3. The molecule has 7 heteroatoms. The van der Waals surface area contributed by atoms with Crippen LogP contribution in [-0.2, 0) is 6.18 Å². The summed E-state index contributed by atoms with van der Waals surface area (Å²) < 4.78 is 38.9. The summed E-state index contributed by atoms with van der Waals surface area (Å²) in [5, 5.41) is 0.678. The Morgan fingerprint density at radius 2 is 1.90 bits per heavy atom. The van der Waals surface area contributed by atoms with E-state index in [4.69, 9.17) is 16.6 Å². The first-order valence-electron chi connectivity index (χ1n) is 10.0. The summed E-state index contributed by atoms with van der Waals surface area (Å²) in [6, 6.07) is 8.58. The molecule has 1 N–H and O–H groups in total. The van der Waals surface area contributed by atoms with Crippen molar-refractivity contribution in [2.45, 2.75) is 57.0 Å². The molecule has 1 saturated carbocycles. The number of hydrogen-bond acceptors (Lipinski definition) is 2. The molecule has 0 radical (unpaired) electrons. The number of fused-ring (bicyclic) bond motifs is 1. The highest BCUT2D eigenvalue weighted by molar-refractivity contribution is 6.31. The lowest BCUT2D eigenvalue weighted by Gasteiger charge is -2.33. The molecule has 3 aromatic rings. The van der Waals surface area contributed by atoms with Crippen LogP contribution in [0, 0.1) is 5.92 Å². The number of H-pyrrole nitrogens is 1. The summed E-state index contributed by atoms with van der Waals surface area (Å²) in [4.78, 5) is 11.7. The van der Waals surface area contributed by atoms with Crippen molar-refractivity contribution in [3.63, 3.8) is 0 Å². The molecule has 1 aliphatic carbocycles. The molecular formula is C22H23ClF3N3. The van der Waals surface area contributed by atoms with Gasteiger partial charge in [-0.05, 0) is 79.8 Å². The third-order valence-corrected chi connectivity index (χ3v) is 6.38. The van der Waals surface area contributed by atoms with Crippen LogP contribution in [0.4, 0.5) is 13.2 Å². The van der Waals surface area contributed by atoms with Gasteiger partial charge in [-0.3, -0.25) is 4.98 Å². The second-order valence-corrected chi connectivity index (χ2v) is 8.32. The van der Waals surface area contributed by atoms with Gasteiger partial charge in [0.15, 0.2) is 0 Å². The zero-order valence-corrected chi connectivity index (χ0v) is 16.9. The lowest BCUT2D eigenvalue weighted by Crippen LogP contribution is -2.21. The quantitative estimate of drug-likeness (QED) is 0.488. The van der Waals surface area contributed by atoms with E-state index >= 15 is 0 Å². The average molecular weight is 422 g/mol. The number of pyridine rings is 1. The SMILES string of the molecule is CC[C@H](c1nc2ccc(Cl)cc2[nH]1)C1CCC(c2ccnc(C(F)(F)F)c2)CC1. The molecule has 0 spiro atoms. The molecule has 154 valence electrons. The van der Waals surface area contributed by atoms with E-state index in [-0.39, 0.29) is 5.92 Å².